The summed E-state index contributed by atoms with van der Waals surface area (Å²) in [4.78, 5) is 47.0. The number of hydrogen-bond acceptors (Lipinski definition) is 5. The topological polar surface area (TPSA) is 100 Å². The molecule has 0 bridgehead atoms. The molecular weight excluding hydrogens is 629 g/mol. The van der Waals surface area contributed by atoms with Crippen molar-refractivity contribution in [1.29, 1.82) is 0 Å². The van der Waals surface area contributed by atoms with Gasteiger partial charge < -0.3 is 15.1 Å². The highest BCUT2D eigenvalue weighted by Gasteiger charge is 2.43. The zero-order valence-corrected chi connectivity index (χ0v) is 24.5. The Balaban J connectivity index is 1.52. The number of aromatic nitrogens is 3. The lowest BCUT2D eigenvalue weighted by atomic mass is 9.96. The quantitative estimate of drug-likeness (QED) is 0.436. The summed E-state index contributed by atoms with van der Waals surface area (Å²) in [5.74, 6) is -1.10. The summed E-state index contributed by atoms with van der Waals surface area (Å²) in [5.41, 5.74) is 1.03. The molecule has 0 saturated heterocycles. The fourth-order valence-electron chi connectivity index (χ4n) is 5.26. The zero-order chi connectivity index (χ0) is 29.8. The number of pyridine rings is 1. The number of amides is 3. The van der Waals surface area contributed by atoms with Gasteiger partial charge in [0.15, 0.2) is 0 Å². The van der Waals surface area contributed by atoms with Gasteiger partial charge in [-0.05, 0) is 59.6 Å². The number of nitrogens with one attached hydrogen (secondary N) is 1. The van der Waals surface area contributed by atoms with E-state index in [-0.39, 0.29) is 36.6 Å². The Morgan fingerprint density at radius 1 is 1.22 bits per heavy atom. The molecule has 2 aliphatic heterocycles. The highest BCUT2D eigenvalue weighted by molar-refractivity contribution is 9.10. The first kappa shape index (κ1) is 29.1. The molecule has 1 unspecified atom stereocenters. The minimum atomic E-state index is -4.60. The van der Waals surface area contributed by atoms with E-state index in [0.29, 0.717) is 38.3 Å². The molecule has 14 heteroatoms. The normalized spacial score (nSPS) is 19.5. The molecule has 0 spiro atoms. The number of hydrogen-bond donors (Lipinski definition) is 1. The second-order valence-corrected chi connectivity index (χ2v) is 11.3. The van der Waals surface area contributed by atoms with Crippen LogP contribution in [-0.2, 0) is 23.9 Å². The minimum Gasteiger partial charge on any atom is -0.357 e. The van der Waals surface area contributed by atoms with Gasteiger partial charge >= 0.3 is 6.18 Å². The van der Waals surface area contributed by atoms with Gasteiger partial charge in [-0.15, -0.1) is 0 Å². The van der Waals surface area contributed by atoms with Crippen molar-refractivity contribution in [3.05, 3.63) is 79.8 Å². The van der Waals surface area contributed by atoms with Gasteiger partial charge in [0.1, 0.15) is 17.4 Å². The van der Waals surface area contributed by atoms with Crippen molar-refractivity contribution >= 4 is 45.3 Å². The van der Waals surface area contributed by atoms with E-state index in [4.69, 9.17) is 11.6 Å². The Morgan fingerprint density at radius 3 is 2.56 bits per heavy atom. The largest absolute Gasteiger partial charge is 0.433 e. The van der Waals surface area contributed by atoms with Crippen LogP contribution in [0.2, 0.25) is 5.02 Å². The van der Waals surface area contributed by atoms with Gasteiger partial charge in [0.25, 0.3) is 11.8 Å². The van der Waals surface area contributed by atoms with Crippen LogP contribution >= 0.6 is 27.5 Å². The predicted molar refractivity (Wildman–Crippen MR) is 146 cm³/mol. The maximum absolute atomic E-state index is 14.0. The Hall–Kier alpha value is -3.45. The summed E-state index contributed by atoms with van der Waals surface area (Å²) in [6, 6.07) is 5.21. The fourth-order valence-corrected chi connectivity index (χ4v) is 5.69. The lowest BCUT2D eigenvalue weighted by molar-refractivity contribution is -0.141. The summed E-state index contributed by atoms with van der Waals surface area (Å²) in [6.45, 7) is 3.57. The van der Waals surface area contributed by atoms with E-state index < -0.39 is 29.9 Å². The van der Waals surface area contributed by atoms with Gasteiger partial charge in [-0.3, -0.25) is 19.4 Å². The zero-order valence-electron chi connectivity index (χ0n) is 22.2. The first-order valence-corrected chi connectivity index (χ1v) is 13.9. The Morgan fingerprint density at radius 2 is 1.95 bits per heavy atom. The number of alkyl halides is 3. The first-order chi connectivity index (χ1) is 19.3. The highest BCUT2D eigenvalue weighted by atomic mass is 79.9. The van der Waals surface area contributed by atoms with Crippen LogP contribution in [0.25, 0.3) is 0 Å². The molecule has 2 aromatic heterocycles. The third-order valence-corrected chi connectivity index (χ3v) is 8.80. The van der Waals surface area contributed by atoms with Crippen LogP contribution in [0.3, 0.4) is 0 Å². The molecule has 0 saturated carbocycles. The van der Waals surface area contributed by atoms with E-state index in [9.17, 15) is 27.6 Å². The van der Waals surface area contributed by atoms with Crippen molar-refractivity contribution in [1.82, 2.24) is 29.9 Å². The minimum absolute atomic E-state index is 0.0517. The molecule has 9 nitrogen and oxygen atoms in total. The Labute approximate surface area is 246 Å². The lowest BCUT2D eigenvalue weighted by Crippen LogP contribution is -2.49. The van der Waals surface area contributed by atoms with Crippen LogP contribution in [0, 0.1) is 0 Å². The molecule has 1 N–H and O–H groups in total. The van der Waals surface area contributed by atoms with Crippen LogP contribution < -0.4 is 5.32 Å². The number of nitrogens with zero attached hydrogens (tertiary/aromatic N) is 5. The molecule has 216 valence electrons. The Kier molecular flexibility index (Phi) is 7.62. The maximum atomic E-state index is 14.0. The van der Waals surface area contributed by atoms with Crippen LogP contribution in [0.5, 0.6) is 0 Å². The van der Waals surface area contributed by atoms with Crippen LogP contribution in [0.15, 0.2) is 41.0 Å². The van der Waals surface area contributed by atoms with Crippen molar-refractivity contribution in [3.63, 3.8) is 0 Å². The van der Waals surface area contributed by atoms with Gasteiger partial charge in [-0.1, -0.05) is 17.7 Å². The summed E-state index contributed by atoms with van der Waals surface area (Å²) >= 11 is 9.54. The summed E-state index contributed by atoms with van der Waals surface area (Å²) in [5, 5.41) is 7.64. The first-order valence-electron chi connectivity index (χ1n) is 12.7. The van der Waals surface area contributed by atoms with E-state index in [1.807, 2.05) is 6.92 Å². The predicted octanol–water partition coefficient (Wildman–Crippen LogP) is 4.80. The van der Waals surface area contributed by atoms with Gasteiger partial charge in [0.05, 0.1) is 29.8 Å². The average Bonchev–Trinajstić information content (AvgIpc) is 3.31. The lowest BCUT2D eigenvalue weighted by Gasteiger charge is -2.38. The fraction of sp³-hybridized carbons (Fsp3) is 0.370. The molecule has 1 aromatic carbocycles. The molecule has 3 amide bonds. The molecule has 0 fully saturated rings. The van der Waals surface area contributed by atoms with Crippen LogP contribution in [0.4, 0.5) is 13.2 Å². The third-order valence-electron chi connectivity index (χ3n) is 7.57. The number of halogens is 5. The van der Waals surface area contributed by atoms with Gasteiger partial charge in [0.2, 0.25) is 5.91 Å². The third kappa shape index (κ3) is 5.21. The second-order valence-electron chi connectivity index (χ2n) is 10.1. The molecule has 4 heterocycles. The number of carbonyl (C=O) groups excluding carboxylic acids is 3. The van der Waals surface area contributed by atoms with E-state index >= 15 is 0 Å². The average molecular weight is 654 g/mol. The summed E-state index contributed by atoms with van der Waals surface area (Å²) in [7, 11) is 1.47. The second kappa shape index (κ2) is 10.8. The maximum Gasteiger partial charge on any atom is 0.433 e. The number of rotatable bonds is 4. The van der Waals surface area contributed by atoms with Crippen molar-refractivity contribution in [3.8, 4) is 0 Å². The monoisotopic (exact) mass is 652 g/mol. The van der Waals surface area contributed by atoms with Gasteiger partial charge in [-0.2, -0.15) is 18.3 Å². The SMILES string of the molecule is CNC(=O)[C@@H]1CN(C(C)c2ccc(C(F)(F)F)nc2)C(=O)c2c3c(nn21)C[C@@H](C)N(C(=O)c1ccc(Br)c(Cl)c1)C3. The molecule has 0 aliphatic carbocycles. The molecular formula is C27H25BrClF3N6O3. The Bertz CT molecular complexity index is 1540. The highest BCUT2D eigenvalue weighted by Crippen LogP contribution is 2.36. The molecule has 3 atom stereocenters. The van der Waals surface area contributed by atoms with Crippen molar-refractivity contribution < 1.29 is 27.6 Å². The number of fused-ring (bicyclic) bond motifs is 3. The number of benzene rings is 1. The van der Waals surface area contributed by atoms with Crippen LogP contribution in [-0.4, -0.2) is 61.9 Å². The number of likely N-dealkylation sites (N-methyl/N-ethyl adjacent to an activating group) is 1. The van der Waals surface area contributed by atoms with E-state index in [1.54, 1.807) is 30.0 Å². The van der Waals surface area contributed by atoms with E-state index in [1.165, 1.54) is 22.7 Å². The van der Waals surface area contributed by atoms with Gasteiger partial charge in [0, 0.05) is 41.3 Å². The molecule has 5 rings (SSSR count). The van der Waals surface area contributed by atoms with Crippen molar-refractivity contribution in [2.75, 3.05) is 13.6 Å². The summed E-state index contributed by atoms with van der Waals surface area (Å²) in [6.07, 6.45) is -3.15. The molecule has 2 aliphatic rings. The van der Waals surface area contributed by atoms with E-state index in [2.05, 4.69) is 31.3 Å². The van der Waals surface area contributed by atoms with Crippen LogP contribution in [0.1, 0.15) is 69.3 Å². The molecule has 0 radical (unpaired) electrons. The smallest absolute Gasteiger partial charge is 0.357 e. The van der Waals surface area contributed by atoms with Gasteiger partial charge in [-0.25, -0.2) is 4.68 Å². The molecule has 3 aromatic rings. The van der Waals surface area contributed by atoms with Crippen molar-refractivity contribution in [2.45, 2.75) is 51.1 Å². The van der Waals surface area contributed by atoms with E-state index in [0.717, 1.165) is 12.3 Å². The molecule has 41 heavy (non-hydrogen) atoms. The number of carbonyl (C=O) groups is 3. The summed E-state index contributed by atoms with van der Waals surface area (Å²) < 4.78 is 41.2. The van der Waals surface area contributed by atoms with Crippen molar-refractivity contribution in [2.24, 2.45) is 0 Å². The standard InChI is InChI=1S/C27H25BrClF3N6O3/c1-13-8-20-17(11-36(13)25(40)15-4-6-18(28)19(29)9-15)23-26(41)37(12-21(24(39)33-3)38(23)35-20)14(2)16-5-7-22(34-10-16)27(30,31)32/h4-7,9-10,13-14,21H,8,11-12H2,1-3H3,(H,33,39)/t13-,14?,21+/m1/s1.